The minimum absolute atomic E-state index is 0.108. The molecule has 0 fully saturated rings. The molecule has 0 aromatic heterocycles. The lowest BCUT2D eigenvalue weighted by Gasteiger charge is -2.06. The third-order valence-corrected chi connectivity index (χ3v) is 4.43. The van der Waals surface area contributed by atoms with Crippen molar-refractivity contribution in [2.24, 2.45) is 5.10 Å². The van der Waals surface area contributed by atoms with Crippen LogP contribution in [0.25, 0.3) is 0 Å². The predicted molar refractivity (Wildman–Crippen MR) is 95.8 cm³/mol. The summed E-state index contributed by atoms with van der Waals surface area (Å²) >= 11 is 6.23. The number of aromatic hydroxyl groups is 2. The van der Waals surface area contributed by atoms with E-state index >= 15 is 0 Å². The van der Waals surface area contributed by atoms with E-state index < -0.39 is 0 Å². The van der Waals surface area contributed by atoms with Gasteiger partial charge in [0.15, 0.2) is 0 Å². The highest BCUT2D eigenvalue weighted by Gasteiger charge is 2.12. The fourth-order valence-electron chi connectivity index (χ4n) is 1.82. The Hall–Kier alpha value is -1.86. The number of carbonyl (C=O) groups is 1. The SMILES string of the molecule is Cc1ccc(CC(=O)N/N=C/c2cc(Br)c(O)c(Br)c2O)cc1. The summed E-state index contributed by atoms with van der Waals surface area (Å²) in [6, 6.07) is 9.15. The van der Waals surface area contributed by atoms with Crippen molar-refractivity contribution < 1.29 is 15.0 Å². The Labute approximate surface area is 150 Å². The monoisotopic (exact) mass is 440 g/mol. The van der Waals surface area contributed by atoms with Crippen molar-refractivity contribution in [1.29, 1.82) is 0 Å². The van der Waals surface area contributed by atoms with Crippen molar-refractivity contribution in [1.82, 2.24) is 5.43 Å². The van der Waals surface area contributed by atoms with Crippen LogP contribution in [0.15, 0.2) is 44.4 Å². The highest BCUT2D eigenvalue weighted by atomic mass is 79.9. The lowest BCUT2D eigenvalue weighted by Crippen LogP contribution is -2.19. The van der Waals surface area contributed by atoms with Crippen molar-refractivity contribution in [3.63, 3.8) is 0 Å². The molecule has 2 aromatic carbocycles. The summed E-state index contributed by atoms with van der Waals surface area (Å²) in [7, 11) is 0. The van der Waals surface area contributed by atoms with E-state index in [2.05, 4.69) is 42.4 Å². The number of amides is 1. The van der Waals surface area contributed by atoms with Gasteiger partial charge in [-0.05, 0) is 50.4 Å². The highest BCUT2D eigenvalue weighted by Crippen LogP contribution is 2.40. The third-order valence-electron chi connectivity index (χ3n) is 3.08. The number of rotatable bonds is 4. The molecule has 7 heteroatoms. The number of nitrogens with zero attached hydrogens (tertiary/aromatic N) is 1. The van der Waals surface area contributed by atoms with E-state index in [4.69, 9.17) is 0 Å². The molecule has 120 valence electrons. The molecule has 0 aliphatic rings. The summed E-state index contributed by atoms with van der Waals surface area (Å²) < 4.78 is 0.550. The molecule has 2 aromatic rings. The molecule has 5 nitrogen and oxygen atoms in total. The Morgan fingerprint density at radius 3 is 2.52 bits per heavy atom. The molecule has 0 aliphatic heterocycles. The number of carbonyl (C=O) groups excluding carboxylic acids is 1. The quantitative estimate of drug-likeness (QED) is 0.500. The van der Waals surface area contributed by atoms with Crippen LogP contribution in [0.5, 0.6) is 11.5 Å². The summed E-state index contributed by atoms with van der Waals surface area (Å²) in [5.74, 6) is -0.535. The van der Waals surface area contributed by atoms with Crippen LogP contribution in [0.2, 0.25) is 0 Å². The van der Waals surface area contributed by atoms with E-state index in [1.807, 2.05) is 31.2 Å². The maximum atomic E-state index is 11.8. The molecule has 0 bridgehead atoms. The topological polar surface area (TPSA) is 81.9 Å². The first-order chi connectivity index (χ1) is 10.9. The fraction of sp³-hybridized carbons (Fsp3) is 0.125. The Morgan fingerprint density at radius 2 is 1.87 bits per heavy atom. The van der Waals surface area contributed by atoms with E-state index in [9.17, 15) is 15.0 Å². The van der Waals surface area contributed by atoms with Gasteiger partial charge in [0.1, 0.15) is 16.0 Å². The maximum Gasteiger partial charge on any atom is 0.244 e. The smallest absolute Gasteiger partial charge is 0.244 e. The van der Waals surface area contributed by atoms with Gasteiger partial charge in [0, 0.05) is 5.56 Å². The largest absolute Gasteiger partial charge is 0.506 e. The number of halogens is 2. The Kier molecular flexibility index (Phi) is 5.79. The van der Waals surface area contributed by atoms with E-state index in [1.165, 1.54) is 12.3 Å². The van der Waals surface area contributed by atoms with Gasteiger partial charge in [-0.1, -0.05) is 29.8 Å². The molecule has 0 saturated carbocycles. The van der Waals surface area contributed by atoms with Gasteiger partial charge in [0.2, 0.25) is 5.91 Å². The second-order valence-electron chi connectivity index (χ2n) is 4.91. The highest BCUT2D eigenvalue weighted by molar-refractivity contribution is 9.11. The maximum absolute atomic E-state index is 11.8. The summed E-state index contributed by atoms with van der Waals surface area (Å²) in [6.45, 7) is 1.98. The van der Waals surface area contributed by atoms with Crippen LogP contribution in [-0.2, 0) is 11.2 Å². The first-order valence-corrected chi connectivity index (χ1v) is 8.24. The molecule has 3 N–H and O–H groups in total. The standard InChI is InChI=1S/C16H14Br2N2O3/c1-9-2-4-10(5-3-9)6-13(21)20-19-8-11-7-12(17)16(23)14(18)15(11)22/h2-5,7-8,22-23H,6H2,1H3,(H,20,21)/b19-8+. The van der Waals surface area contributed by atoms with Gasteiger partial charge in [-0.15, -0.1) is 0 Å². The van der Waals surface area contributed by atoms with Gasteiger partial charge >= 0.3 is 0 Å². The lowest BCUT2D eigenvalue weighted by atomic mass is 10.1. The van der Waals surface area contributed by atoms with Crippen molar-refractivity contribution in [2.45, 2.75) is 13.3 Å². The molecule has 0 unspecified atom stereocenters. The molecule has 0 heterocycles. The predicted octanol–water partition coefficient (Wildman–Crippen LogP) is 3.62. The normalized spacial score (nSPS) is 10.9. The van der Waals surface area contributed by atoms with E-state index in [0.717, 1.165) is 11.1 Å². The summed E-state index contributed by atoms with van der Waals surface area (Å²) in [5.41, 5.74) is 4.77. The minimum atomic E-state index is -0.262. The van der Waals surface area contributed by atoms with E-state index in [-0.39, 0.29) is 28.3 Å². The molecule has 0 radical (unpaired) electrons. The zero-order valence-electron chi connectivity index (χ0n) is 12.2. The van der Waals surface area contributed by atoms with Crippen molar-refractivity contribution in [2.75, 3.05) is 0 Å². The van der Waals surface area contributed by atoms with E-state index in [0.29, 0.717) is 10.0 Å². The van der Waals surface area contributed by atoms with Crippen LogP contribution in [0, 0.1) is 6.92 Å². The number of hydrogen-bond donors (Lipinski definition) is 3. The third kappa shape index (κ3) is 4.56. The number of phenols is 2. The van der Waals surface area contributed by atoms with Gasteiger partial charge in [0.25, 0.3) is 0 Å². The molecule has 0 saturated heterocycles. The van der Waals surface area contributed by atoms with E-state index in [1.54, 1.807) is 0 Å². The minimum Gasteiger partial charge on any atom is -0.506 e. The van der Waals surface area contributed by atoms with Crippen LogP contribution in [0.4, 0.5) is 0 Å². The number of phenolic OH excluding ortho intramolecular Hbond substituents is 2. The van der Waals surface area contributed by atoms with Gasteiger partial charge in [-0.3, -0.25) is 4.79 Å². The zero-order chi connectivity index (χ0) is 17.0. The number of aryl methyl sites for hydroxylation is 1. The van der Waals surface area contributed by atoms with Gasteiger partial charge in [-0.2, -0.15) is 5.10 Å². The van der Waals surface area contributed by atoms with Crippen LogP contribution < -0.4 is 5.43 Å². The molecule has 0 spiro atoms. The van der Waals surface area contributed by atoms with Crippen LogP contribution in [-0.4, -0.2) is 22.3 Å². The molecular formula is C16H14Br2N2O3. The molecule has 2 rings (SSSR count). The molecule has 0 aliphatic carbocycles. The Bertz CT molecular complexity index is 759. The number of nitrogens with one attached hydrogen (secondary N) is 1. The molecule has 1 amide bonds. The number of hydrogen-bond acceptors (Lipinski definition) is 4. The summed E-state index contributed by atoms with van der Waals surface area (Å²) in [4.78, 5) is 11.8. The molecular weight excluding hydrogens is 428 g/mol. The fourth-order valence-corrected chi connectivity index (χ4v) is 2.97. The average molecular weight is 442 g/mol. The van der Waals surface area contributed by atoms with Crippen LogP contribution in [0.3, 0.4) is 0 Å². The zero-order valence-corrected chi connectivity index (χ0v) is 15.3. The van der Waals surface area contributed by atoms with Gasteiger partial charge in [0.05, 0.1) is 17.1 Å². The molecule has 0 atom stereocenters. The number of benzene rings is 2. The van der Waals surface area contributed by atoms with Gasteiger partial charge in [-0.25, -0.2) is 5.43 Å². The van der Waals surface area contributed by atoms with Crippen molar-refractivity contribution >= 4 is 44.0 Å². The summed E-state index contributed by atoms with van der Waals surface area (Å²) in [5, 5.41) is 23.4. The summed E-state index contributed by atoms with van der Waals surface area (Å²) in [6.07, 6.45) is 1.52. The second-order valence-corrected chi connectivity index (χ2v) is 6.56. The van der Waals surface area contributed by atoms with Crippen molar-refractivity contribution in [3.8, 4) is 11.5 Å². The Morgan fingerprint density at radius 1 is 1.22 bits per heavy atom. The second kappa shape index (κ2) is 7.61. The Balaban J connectivity index is 2.01. The van der Waals surface area contributed by atoms with Gasteiger partial charge < -0.3 is 10.2 Å². The van der Waals surface area contributed by atoms with Crippen molar-refractivity contribution in [3.05, 3.63) is 56.0 Å². The average Bonchev–Trinajstić information content (AvgIpc) is 2.52. The van der Waals surface area contributed by atoms with Crippen LogP contribution >= 0.6 is 31.9 Å². The lowest BCUT2D eigenvalue weighted by molar-refractivity contribution is -0.120. The van der Waals surface area contributed by atoms with Crippen LogP contribution in [0.1, 0.15) is 16.7 Å². The number of hydrazone groups is 1. The first-order valence-electron chi connectivity index (χ1n) is 6.66. The molecule has 23 heavy (non-hydrogen) atoms. The first kappa shape index (κ1) is 17.5.